The van der Waals surface area contributed by atoms with Crippen LogP contribution in [0.15, 0.2) is 18.3 Å². The Morgan fingerprint density at radius 1 is 1.50 bits per heavy atom. The molecule has 0 atom stereocenters. The molecule has 1 heterocycles. The summed E-state index contributed by atoms with van der Waals surface area (Å²) in [5.41, 5.74) is 3.95. The van der Waals surface area contributed by atoms with Gasteiger partial charge >= 0.3 is 6.18 Å². The van der Waals surface area contributed by atoms with Gasteiger partial charge in [0.25, 0.3) is 0 Å². The monoisotopic (exact) mass is 228 g/mol. The molecule has 0 aromatic carbocycles. The van der Waals surface area contributed by atoms with E-state index in [0.717, 1.165) is 12.3 Å². The second kappa shape index (κ2) is 4.66. The first-order valence-corrected chi connectivity index (χ1v) is 4.20. The molecule has 1 aromatic heterocycles. The first-order chi connectivity index (χ1) is 7.39. The average Bonchev–Trinajstić information content (AvgIpc) is 2.16. The summed E-state index contributed by atoms with van der Waals surface area (Å²) >= 11 is 0. The topological polar surface area (TPSA) is 56.0 Å². The lowest BCUT2D eigenvalue weighted by atomic mass is 10.2. The van der Waals surface area contributed by atoms with Crippen LogP contribution in [-0.2, 0) is 11.0 Å². The molecule has 0 aliphatic carbocycles. The van der Waals surface area contributed by atoms with Crippen LogP contribution in [0.3, 0.4) is 0 Å². The largest absolute Gasteiger partial charge is 0.433 e. The molecule has 0 fully saturated rings. The number of aromatic nitrogens is 1. The van der Waals surface area contributed by atoms with Crippen molar-refractivity contribution in [3.63, 3.8) is 0 Å². The van der Waals surface area contributed by atoms with E-state index in [4.69, 9.17) is 5.73 Å². The number of halogens is 3. The third-order valence-electron chi connectivity index (χ3n) is 1.55. The van der Waals surface area contributed by atoms with E-state index in [9.17, 15) is 18.0 Å². The van der Waals surface area contributed by atoms with Crippen molar-refractivity contribution in [3.05, 3.63) is 29.6 Å². The highest BCUT2D eigenvalue weighted by molar-refractivity contribution is 5.76. The Balaban J connectivity index is 2.90. The van der Waals surface area contributed by atoms with Gasteiger partial charge in [0.05, 0.1) is 6.42 Å². The molecule has 0 radical (unpaired) electrons. The van der Waals surface area contributed by atoms with Gasteiger partial charge in [-0.15, -0.1) is 0 Å². The summed E-state index contributed by atoms with van der Waals surface area (Å²) < 4.78 is 36.7. The number of alkyl halides is 3. The van der Waals surface area contributed by atoms with Crippen LogP contribution in [-0.4, -0.2) is 10.9 Å². The summed E-state index contributed by atoms with van der Waals surface area (Å²) in [5.74, 6) is 4.13. The SMILES string of the molecule is NC(=O)CC#Cc1ccnc(C(F)(F)F)c1. The van der Waals surface area contributed by atoms with Crippen molar-refractivity contribution in [3.8, 4) is 11.8 Å². The van der Waals surface area contributed by atoms with E-state index in [1.807, 2.05) is 0 Å². The van der Waals surface area contributed by atoms with Crippen molar-refractivity contribution >= 4 is 5.91 Å². The van der Waals surface area contributed by atoms with Gasteiger partial charge in [0, 0.05) is 11.8 Å². The molecule has 0 aliphatic rings. The minimum absolute atomic E-state index is 0.142. The van der Waals surface area contributed by atoms with Gasteiger partial charge in [0.1, 0.15) is 5.69 Å². The Bertz CT molecular complexity index is 457. The van der Waals surface area contributed by atoms with Crippen LogP contribution in [0.2, 0.25) is 0 Å². The fourth-order valence-corrected chi connectivity index (χ4v) is 0.897. The number of rotatable bonds is 1. The van der Waals surface area contributed by atoms with E-state index in [1.165, 1.54) is 6.07 Å². The number of amides is 1. The molecule has 0 unspecified atom stereocenters. The molecule has 2 N–H and O–H groups in total. The highest BCUT2D eigenvalue weighted by Gasteiger charge is 2.32. The summed E-state index contributed by atoms with van der Waals surface area (Å²) in [5, 5.41) is 0. The molecule has 1 rings (SSSR count). The van der Waals surface area contributed by atoms with Crippen LogP contribution in [0, 0.1) is 11.8 Å². The standard InChI is InChI=1S/C10H7F3N2O/c11-10(12,13)8-6-7(4-5-15-8)2-1-3-9(14)16/h4-6H,3H2,(H2,14,16). The fraction of sp³-hybridized carbons (Fsp3) is 0.200. The third-order valence-corrected chi connectivity index (χ3v) is 1.55. The molecule has 0 aliphatic heterocycles. The van der Waals surface area contributed by atoms with Gasteiger partial charge in [-0.05, 0) is 12.1 Å². The predicted molar refractivity (Wildman–Crippen MR) is 49.9 cm³/mol. The second-order valence-electron chi connectivity index (χ2n) is 2.87. The number of primary amides is 1. The Hall–Kier alpha value is -2.03. The van der Waals surface area contributed by atoms with Crippen molar-refractivity contribution < 1.29 is 18.0 Å². The van der Waals surface area contributed by atoms with E-state index in [-0.39, 0.29) is 12.0 Å². The van der Waals surface area contributed by atoms with Gasteiger partial charge in [0.15, 0.2) is 0 Å². The van der Waals surface area contributed by atoms with E-state index in [1.54, 1.807) is 0 Å². The molecular formula is C10H7F3N2O. The van der Waals surface area contributed by atoms with E-state index in [0.29, 0.717) is 0 Å². The van der Waals surface area contributed by atoms with Gasteiger partial charge in [-0.25, -0.2) is 0 Å². The van der Waals surface area contributed by atoms with Crippen LogP contribution in [0.25, 0.3) is 0 Å². The van der Waals surface area contributed by atoms with Crippen LogP contribution >= 0.6 is 0 Å². The van der Waals surface area contributed by atoms with Gasteiger partial charge < -0.3 is 5.73 Å². The molecule has 0 saturated carbocycles. The van der Waals surface area contributed by atoms with E-state index < -0.39 is 17.8 Å². The highest BCUT2D eigenvalue weighted by Crippen LogP contribution is 2.27. The average molecular weight is 228 g/mol. The van der Waals surface area contributed by atoms with Crippen molar-refractivity contribution in [2.75, 3.05) is 0 Å². The first kappa shape index (κ1) is 12.0. The quantitative estimate of drug-likeness (QED) is 0.737. The highest BCUT2D eigenvalue weighted by atomic mass is 19.4. The molecule has 0 spiro atoms. The van der Waals surface area contributed by atoms with Crippen LogP contribution in [0.5, 0.6) is 0 Å². The number of nitrogens with two attached hydrogens (primary N) is 1. The zero-order valence-corrected chi connectivity index (χ0v) is 8.01. The minimum atomic E-state index is -4.50. The maximum absolute atomic E-state index is 12.2. The lowest BCUT2D eigenvalue weighted by Gasteiger charge is -2.04. The fourth-order valence-electron chi connectivity index (χ4n) is 0.897. The lowest BCUT2D eigenvalue weighted by Crippen LogP contribution is -2.08. The van der Waals surface area contributed by atoms with E-state index in [2.05, 4.69) is 16.8 Å². The molecular weight excluding hydrogens is 221 g/mol. The maximum atomic E-state index is 12.2. The lowest BCUT2D eigenvalue weighted by molar-refractivity contribution is -0.141. The maximum Gasteiger partial charge on any atom is 0.433 e. The number of hydrogen-bond acceptors (Lipinski definition) is 2. The van der Waals surface area contributed by atoms with Crippen molar-refractivity contribution in [1.29, 1.82) is 0 Å². The minimum Gasteiger partial charge on any atom is -0.369 e. The van der Waals surface area contributed by atoms with Gasteiger partial charge in [-0.2, -0.15) is 13.2 Å². The van der Waals surface area contributed by atoms with Crippen LogP contribution in [0.4, 0.5) is 13.2 Å². The molecule has 3 nitrogen and oxygen atoms in total. The Labute approximate surface area is 89.5 Å². The molecule has 0 bridgehead atoms. The molecule has 84 valence electrons. The summed E-state index contributed by atoms with van der Waals surface area (Å²) in [6, 6.07) is 2.14. The number of pyridine rings is 1. The first-order valence-electron chi connectivity index (χ1n) is 4.20. The van der Waals surface area contributed by atoms with Crippen molar-refractivity contribution in [2.24, 2.45) is 5.73 Å². The van der Waals surface area contributed by atoms with Crippen molar-refractivity contribution in [2.45, 2.75) is 12.6 Å². The van der Waals surface area contributed by atoms with Gasteiger partial charge in [-0.1, -0.05) is 11.8 Å². The van der Waals surface area contributed by atoms with E-state index >= 15 is 0 Å². The Morgan fingerprint density at radius 3 is 2.75 bits per heavy atom. The summed E-state index contributed by atoms with van der Waals surface area (Å²) in [4.78, 5) is 13.5. The van der Waals surface area contributed by atoms with Gasteiger partial charge in [0.2, 0.25) is 5.91 Å². The molecule has 0 saturated heterocycles. The number of carbonyl (C=O) groups excluding carboxylic acids is 1. The van der Waals surface area contributed by atoms with Gasteiger partial charge in [-0.3, -0.25) is 9.78 Å². The van der Waals surface area contributed by atoms with Crippen LogP contribution in [0.1, 0.15) is 17.7 Å². The smallest absolute Gasteiger partial charge is 0.369 e. The summed E-state index contributed by atoms with van der Waals surface area (Å²) in [7, 11) is 0. The Morgan fingerprint density at radius 2 is 2.19 bits per heavy atom. The number of hydrogen-bond donors (Lipinski definition) is 1. The molecule has 1 aromatic rings. The summed E-state index contributed by atoms with van der Waals surface area (Å²) in [6.07, 6.45) is -3.68. The molecule has 1 amide bonds. The molecule has 6 heteroatoms. The summed E-state index contributed by atoms with van der Waals surface area (Å²) in [6.45, 7) is 0. The zero-order chi connectivity index (χ0) is 12.2. The third kappa shape index (κ3) is 3.61. The molecule has 16 heavy (non-hydrogen) atoms. The number of nitrogens with zero attached hydrogens (tertiary/aromatic N) is 1. The normalized spacial score (nSPS) is 10.4. The number of carbonyl (C=O) groups is 1. The Kier molecular flexibility index (Phi) is 3.51. The zero-order valence-electron chi connectivity index (χ0n) is 8.01. The predicted octanol–water partition coefficient (Wildman–Crippen LogP) is 1.33. The van der Waals surface area contributed by atoms with Crippen LogP contribution < -0.4 is 5.73 Å². The van der Waals surface area contributed by atoms with Crippen molar-refractivity contribution in [1.82, 2.24) is 4.98 Å². The second-order valence-corrected chi connectivity index (χ2v) is 2.87.